The molecule has 0 aliphatic rings. The second-order valence-corrected chi connectivity index (χ2v) is 8.18. The van der Waals surface area contributed by atoms with Crippen LogP contribution in [0.25, 0.3) is 0 Å². The fraction of sp³-hybridized carbons (Fsp3) is 0.529. The van der Waals surface area contributed by atoms with E-state index >= 15 is 0 Å². The minimum atomic E-state index is -3.86. The summed E-state index contributed by atoms with van der Waals surface area (Å²) in [5, 5.41) is 2.62. The Bertz CT molecular complexity index is 672. The molecule has 0 aliphatic carbocycles. The first-order valence-corrected chi connectivity index (χ1v) is 9.62. The molecule has 1 atom stereocenters. The van der Waals surface area contributed by atoms with Gasteiger partial charge in [0.1, 0.15) is 6.04 Å². The van der Waals surface area contributed by atoms with Crippen molar-refractivity contribution in [3.8, 4) is 0 Å². The summed E-state index contributed by atoms with van der Waals surface area (Å²) in [7, 11) is -3.86. The molecule has 0 saturated heterocycles. The van der Waals surface area contributed by atoms with Gasteiger partial charge in [-0.05, 0) is 24.0 Å². The number of ether oxygens (including phenoxy) is 1. The van der Waals surface area contributed by atoms with Crippen LogP contribution >= 0.6 is 0 Å². The van der Waals surface area contributed by atoms with Crippen molar-refractivity contribution in [1.29, 1.82) is 0 Å². The lowest BCUT2D eigenvalue weighted by molar-refractivity contribution is -0.151. The van der Waals surface area contributed by atoms with Crippen LogP contribution in [0.4, 0.5) is 0 Å². The Labute approximate surface area is 149 Å². The van der Waals surface area contributed by atoms with Crippen LogP contribution in [0.1, 0.15) is 27.7 Å². The molecule has 0 heterocycles. The van der Waals surface area contributed by atoms with Crippen LogP contribution in [-0.2, 0) is 24.3 Å². The van der Waals surface area contributed by atoms with Crippen LogP contribution in [-0.4, -0.2) is 39.5 Å². The average Bonchev–Trinajstić information content (AvgIpc) is 2.56. The maximum absolute atomic E-state index is 12.4. The molecule has 0 saturated carbocycles. The van der Waals surface area contributed by atoms with E-state index in [0.717, 1.165) is 0 Å². The van der Waals surface area contributed by atoms with Gasteiger partial charge in [-0.15, -0.1) is 0 Å². The molecule has 140 valence electrons. The zero-order valence-electron chi connectivity index (χ0n) is 15.0. The number of carbonyl (C=O) groups is 2. The number of sulfonamides is 1. The highest BCUT2D eigenvalue weighted by Gasteiger charge is 2.30. The molecule has 1 aromatic carbocycles. The number of rotatable bonds is 9. The van der Waals surface area contributed by atoms with Crippen molar-refractivity contribution >= 4 is 21.9 Å². The number of hydrogen-bond donors (Lipinski definition) is 2. The third-order valence-corrected chi connectivity index (χ3v) is 4.77. The molecule has 1 rings (SSSR count). The maximum Gasteiger partial charge on any atom is 0.324 e. The monoisotopic (exact) mass is 370 g/mol. The minimum absolute atomic E-state index is 0.0585. The van der Waals surface area contributed by atoms with E-state index in [1.807, 2.05) is 13.8 Å². The van der Waals surface area contributed by atoms with E-state index in [0.29, 0.717) is 6.54 Å². The van der Waals surface area contributed by atoms with Gasteiger partial charge in [0.25, 0.3) is 5.91 Å². The summed E-state index contributed by atoms with van der Waals surface area (Å²) in [5.41, 5.74) is 0. The quantitative estimate of drug-likeness (QED) is 0.638. The van der Waals surface area contributed by atoms with Crippen molar-refractivity contribution in [2.24, 2.45) is 11.8 Å². The van der Waals surface area contributed by atoms with Crippen LogP contribution < -0.4 is 10.0 Å². The highest BCUT2D eigenvalue weighted by Crippen LogP contribution is 2.12. The van der Waals surface area contributed by atoms with Crippen LogP contribution in [0.3, 0.4) is 0 Å². The minimum Gasteiger partial charge on any atom is -0.454 e. The van der Waals surface area contributed by atoms with Crippen molar-refractivity contribution in [2.75, 3.05) is 13.2 Å². The normalized spacial score (nSPS) is 12.9. The predicted octanol–water partition coefficient (Wildman–Crippen LogP) is 1.30. The lowest BCUT2D eigenvalue weighted by Crippen LogP contribution is -2.46. The first-order chi connectivity index (χ1) is 11.6. The van der Waals surface area contributed by atoms with Crippen molar-refractivity contribution in [1.82, 2.24) is 10.0 Å². The van der Waals surface area contributed by atoms with Gasteiger partial charge in [-0.25, -0.2) is 8.42 Å². The first kappa shape index (κ1) is 21.1. The molecule has 0 aliphatic heterocycles. The summed E-state index contributed by atoms with van der Waals surface area (Å²) in [4.78, 5) is 23.9. The summed E-state index contributed by atoms with van der Waals surface area (Å²) >= 11 is 0. The summed E-state index contributed by atoms with van der Waals surface area (Å²) < 4.78 is 32.0. The number of nitrogens with one attached hydrogen (secondary N) is 2. The molecule has 1 aromatic rings. The molecule has 25 heavy (non-hydrogen) atoms. The maximum atomic E-state index is 12.4. The number of esters is 1. The Morgan fingerprint density at radius 2 is 1.68 bits per heavy atom. The molecule has 8 heteroatoms. The Hall–Kier alpha value is -1.93. The average molecular weight is 370 g/mol. The fourth-order valence-corrected chi connectivity index (χ4v) is 3.24. The van der Waals surface area contributed by atoms with Gasteiger partial charge in [-0.3, -0.25) is 9.59 Å². The van der Waals surface area contributed by atoms with Gasteiger partial charge in [0.05, 0.1) is 4.90 Å². The SMILES string of the molecule is CC(C)CNC(=O)COC(=O)[C@H](NS(=O)(=O)c1ccccc1)C(C)C. The molecule has 1 amide bonds. The van der Waals surface area contributed by atoms with E-state index in [1.54, 1.807) is 32.0 Å². The zero-order chi connectivity index (χ0) is 19.0. The van der Waals surface area contributed by atoms with Crippen LogP contribution in [0.2, 0.25) is 0 Å². The number of carbonyl (C=O) groups excluding carboxylic acids is 2. The molecule has 2 N–H and O–H groups in total. The number of benzene rings is 1. The molecule has 0 fully saturated rings. The van der Waals surface area contributed by atoms with Crippen molar-refractivity contribution in [3.63, 3.8) is 0 Å². The topological polar surface area (TPSA) is 102 Å². The fourth-order valence-electron chi connectivity index (χ4n) is 1.89. The van der Waals surface area contributed by atoms with E-state index in [9.17, 15) is 18.0 Å². The smallest absolute Gasteiger partial charge is 0.324 e. The van der Waals surface area contributed by atoms with Crippen molar-refractivity contribution in [3.05, 3.63) is 30.3 Å². The number of amides is 1. The van der Waals surface area contributed by atoms with Gasteiger partial charge in [0.15, 0.2) is 6.61 Å². The highest BCUT2D eigenvalue weighted by molar-refractivity contribution is 7.89. The molecule has 7 nitrogen and oxygen atoms in total. The first-order valence-electron chi connectivity index (χ1n) is 8.14. The van der Waals surface area contributed by atoms with Gasteiger partial charge < -0.3 is 10.1 Å². The van der Waals surface area contributed by atoms with E-state index in [1.165, 1.54) is 12.1 Å². The number of hydrogen-bond acceptors (Lipinski definition) is 5. The van der Waals surface area contributed by atoms with Gasteiger partial charge in [0.2, 0.25) is 10.0 Å². The van der Waals surface area contributed by atoms with Gasteiger partial charge >= 0.3 is 5.97 Å². The third-order valence-electron chi connectivity index (χ3n) is 3.31. The predicted molar refractivity (Wildman–Crippen MR) is 94.2 cm³/mol. The summed E-state index contributed by atoms with van der Waals surface area (Å²) in [6.07, 6.45) is 0. The second-order valence-electron chi connectivity index (χ2n) is 6.46. The molecule has 0 bridgehead atoms. The second kappa shape index (κ2) is 9.53. The molecule has 0 spiro atoms. The van der Waals surface area contributed by atoms with Crippen molar-refractivity contribution in [2.45, 2.75) is 38.6 Å². The van der Waals surface area contributed by atoms with Gasteiger partial charge in [-0.2, -0.15) is 4.72 Å². The standard InChI is InChI=1S/C17H26N2O5S/c1-12(2)10-18-15(20)11-24-17(21)16(13(3)4)19-25(22,23)14-8-6-5-7-9-14/h5-9,12-13,16,19H,10-11H2,1-4H3,(H,18,20)/t16-/m1/s1. The molecular formula is C17H26N2O5S. The Morgan fingerprint density at radius 1 is 1.08 bits per heavy atom. The Morgan fingerprint density at radius 3 is 2.20 bits per heavy atom. The van der Waals surface area contributed by atoms with Gasteiger partial charge in [0, 0.05) is 6.54 Å². The molecule has 0 radical (unpaired) electrons. The summed E-state index contributed by atoms with van der Waals surface area (Å²) in [5.74, 6) is -1.27. The van der Waals surface area contributed by atoms with E-state index in [4.69, 9.17) is 4.74 Å². The van der Waals surface area contributed by atoms with E-state index in [-0.39, 0.29) is 16.7 Å². The largest absolute Gasteiger partial charge is 0.454 e. The summed E-state index contributed by atoms with van der Waals surface area (Å²) in [6.45, 7) is 7.31. The molecule has 0 aromatic heterocycles. The molecule has 0 unspecified atom stereocenters. The van der Waals surface area contributed by atoms with E-state index in [2.05, 4.69) is 10.0 Å². The Balaban J connectivity index is 2.70. The third kappa shape index (κ3) is 7.23. The lowest BCUT2D eigenvalue weighted by atomic mass is 10.1. The summed E-state index contributed by atoms with van der Waals surface area (Å²) in [6, 6.07) is 6.67. The van der Waals surface area contributed by atoms with Crippen LogP contribution in [0.15, 0.2) is 35.2 Å². The van der Waals surface area contributed by atoms with Gasteiger partial charge in [-0.1, -0.05) is 45.9 Å². The highest BCUT2D eigenvalue weighted by atomic mass is 32.2. The van der Waals surface area contributed by atoms with Crippen LogP contribution in [0, 0.1) is 11.8 Å². The molecular weight excluding hydrogens is 344 g/mol. The Kier molecular flexibility index (Phi) is 8.05. The zero-order valence-corrected chi connectivity index (χ0v) is 15.8. The lowest BCUT2D eigenvalue weighted by Gasteiger charge is -2.20. The van der Waals surface area contributed by atoms with Crippen molar-refractivity contribution < 1.29 is 22.7 Å². The van der Waals surface area contributed by atoms with Crippen LogP contribution in [0.5, 0.6) is 0 Å². The van der Waals surface area contributed by atoms with E-state index < -0.39 is 34.5 Å².